The second kappa shape index (κ2) is 6.75. The van der Waals surface area contributed by atoms with Gasteiger partial charge >= 0.3 is 0 Å². The van der Waals surface area contributed by atoms with E-state index in [0.717, 1.165) is 36.1 Å². The van der Waals surface area contributed by atoms with E-state index < -0.39 is 6.10 Å². The number of carbonyl (C=O) groups is 1. The van der Waals surface area contributed by atoms with Gasteiger partial charge in [0.25, 0.3) is 0 Å². The van der Waals surface area contributed by atoms with Crippen molar-refractivity contribution in [3.8, 4) is 5.75 Å². The summed E-state index contributed by atoms with van der Waals surface area (Å²) in [5, 5.41) is 12.7. The van der Waals surface area contributed by atoms with Crippen molar-refractivity contribution in [1.29, 1.82) is 0 Å². The summed E-state index contributed by atoms with van der Waals surface area (Å²) in [5.74, 6) is 1.03. The van der Waals surface area contributed by atoms with Gasteiger partial charge < -0.3 is 15.2 Å². The lowest BCUT2D eigenvalue weighted by atomic mass is 9.85. The van der Waals surface area contributed by atoms with Crippen molar-refractivity contribution in [2.75, 3.05) is 13.2 Å². The zero-order valence-corrected chi connectivity index (χ0v) is 12.2. The second-order valence-corrected chi connectivity index (χ2v) is 5.56. The number of hydrogen-bond donors (Lipinski definition) is 2. The Balaban J connectivity index is 1.74. The van der Waals surface area contributed by atoms with E-state index in [-0.39, 0.29) is 25.0 Å². The molecular weight excluding hydrogens is 254 g/mol. The van der Waals surface area contributed by atoms with Crippen molar-refractivity contribution < 1.29 is 14.6 Å². The molecular formula is C16H23NO3. The van der Waals surface area contributed by atoms with Gasteiger partial charge in [0, 0.05) is 12.5 Å². The summed E-state index contributed by atoms with van der Waals surface area (Å²) in [7, 11) is 0. The molecule has 2 rings (SSSR count). The predicted molar refractivity (Wildman–Crippen MR) is 77.8 cm³/mol. The molecule has 2 N–H and O–H groups in total. The van der Waals surface area contributed by atoms with Gasteiger partial charge in [-0.25, -0.2) is 0 Å². The number of carbonyl (C=O) groups excluding carboxylic acids is 1. The van der Waals surface area contributed by atoms with E-state index in [2.05, 4.69) is 5.32 Å². The Bertz CT molecular complexity index is 449. The molecule has 0 aromatic heterocycles. The summed E-state index contributed by atoms with van der Waals surface area (Å²) < 4.78 is 5.66. The number of nitrogens with one attached hydrogen (secondary N) is 1. The van der Waals surface area contributed by atoms with Gasteiger partial charge in [-0.05, 0) is 37.8 Å². The van der Waals surface area contributed by atoms with E-state index in [0.29, 0.717) is 0 Å². The van der Waals surface area contributed by atoms with Crippen LogP contribution in [0, 0.1) is 19.8 Å². The molecule has 4 heteroatoms. The Morgan fingerprint density at radius 2 is 2.05 bits per heavy atom. The van der Waals surface area contributed by atoms with E-state index in [1.807, 2.05) is 32.0 Å². The molecule has 0 heterocycles. The highest BCUT2D eigenvalue weighted by molar-refractivity contribution is 5.79. The van der Waals surface area contributed by atoms with Crippen LogP contribution in [0.5, 0.6) is 5.75 Å². The fraction of sp³-hybridized carbons (Fsp3) is 0.562. The molecule has 1 aliphatic rings. The number of benzene rings is 1. The van der Waals surface area contributed by atoms with E-state index in [1.165, 1.54) is 0 Å². The molecule has 110 valence electrons. The Labute approximate surface area is 120 Å². The van der Waals surface area contributed by atoms with E-state index in [4.69, 9.17) is 4.74 Å². The van der Waals surface area contributed by atoms with Crippen molar-refractivity contribution >= 4 is 5.91 Å². The summed E-state index contributed by atoms with van der Waals surface area (Å²) in [5.41, 5.74) is 2.10. The van der Waals surface area contributed by atoms with Crippen molar-refractivity contribution in [2.24, 2.45) is 5.92 Å². The Hall–Kier alpha value is -1.55. The first-order valence-corrected chi connectivity index (χ1v) is 7.22. The number of rotatable bonds is 6. The summed E-state index contributed by atoms with van der Waals surface area (Å²) in [6.45, 7) is 4.40. The first kappa shape index (κ1) is 14.9. The summed E-state index contributed by atoms with van der Waals surface area (Å²) >= 11 is 0. The smallest absolute Gasteiger partial charge is 0.223 e. The lowest BCUT2D eigenvalue weighted by Crippen LogP contribution is -2.40. The Morgan fingerprint density at radius 3 is 2.60 bits per heavy atom. The highest BCUT2D eigenvalue weighted by Gasteiger charge is 2.25. The molecule has 0 radical (unpaired) electrons. The van der Waals surface area contributed by atoms with Crippen LogP contribution in [0.15, 0.2) is 18.2 Å². The van der Waals surface area contributed by atoms with Crippen LogP contribution in [0.2, 0.25) is 0 Å². The molecule has 1 atom stereocenters. The van der Waals surface area contributed by atoms with Gasteiger partial charge in [-0.3, -0.25) is 4.79 Å². The van der Waals surface area contributed by atoms with Crippen molar-refractivity contribution in [3.05, 3.63) is 29.3 Å². The minimum Gasteiger partial charge on any atom is -0.490 e. The third-order valence-corrected chi connectivity index (χ3v) is 3.82. The highest BCUT2D eigenvalue weighted by Crippen LogP contribution is 2.26. The number of para-hydroxylation sites is 1. The molecule has 1 unspecified atom stereocenters. The third-order valence-electron chi connectivity index (χ3n) is 3.82. The lowest BCUT2D eigenvalue weighted by molar-refractivity contribution is -0.127. The molecule has 1 aromatic carbocycles. The number of aryl methyl sites for hydroxylation is 2. The molecule has 1 saturated carbocycles. The summed E-state index contributed by atoms with van der Waals surface area (Å²) in [6.07, 6.45) is 2.40. The van der Waals surface area contributed by atoms with Crippen LogP contribution in [0.25, 0.3) is 0 Å². The van der Waals surface area contributed by atoms with Crippen molar-refractivity contribution in [1.82, 2.24) is 5.32 Å². The largest absolute Gasteiger partial charge is 0.490 e. The first-order chi connectivity index (χ1) is 9.58. The molecule has 0 bridgehead atoms. The monoisotopic (exact) mass is 277 g/mol. The van der Waals surface area contributed by atoms with Crippen LogP contribution in [0.1, 0.15) is 30.4 Å². The standard InChI is InChI=1S/C16H23NO3/c1-11-5-3-6-12(2)15(11)20-10-14(18)9-17-16(19)13-7-4-8-13/h3,5-6,13-14,18H,4,7-10H2,1-2H3,(H,17,19). The number of aliphatic hydroxyl groups is 1. The minimum atomic E-state index is -0.682. The third kappa shape index (κ3) is 3.73. The molecule has 1 fully saturated rings. The number of hydrogen-bond acceptors (Lipinski definition) is 3. The van der Waals surface area contributed by atoms with Gasteiger partial charge in [0.15, 0.2) is 0 Å². The van der Waals surface area contributed by atoms with Crippen LogP contribution in [0.4, 0.5) is 0 Å². The first-order valence-electron chi connectivity index (χ1n) is 7.22. The van der Waals surface area contributed by atoms with Crippen LogP contribution in [-0.4, -0.2) is 30.3 Å². The lowest BCUT2D eigenvalue weighted by Gasteiger charge is -2.24. The maximum absolute atomic E-state index is 11.6. The van der Waals surface area contributed by atoms with Crippen molar-refractivity contribution in [2.45, 2.75) is 39.2 Å². The normalized spacial score (nSPS) is 16.4. The highest BCUT2D eigenvalue weighted by atomic mass is 16.5. The fourth-order valence-electron chi connectivity index (χ4n) is 2.30. The average Bonchev–Trinajstić information content (AvgIpc) is 2.33. The maximum Gasteiger partial charge on any atom is 0.223 e. The van der Waals surface area contributed by atoms with Gasteiger partial charge in [0.1, 0.15) is 18.5 Å². The molecule has 20 heavy (non-hydrogen) atoms. The summed E-state index contributed by atoms with van der Waals surface area (Å²) in [4.78, 5) is 11.6. The van der Waals surface area contributed by atoms with Gasteiger partial charge in [0.2, 0.25) is 5.91 Å². The topological polar surface area (TPSA) is 58.6 Å². The minimum absolute atomic E-state index is 0.0578. The SMILES string of the molecule is Cc1cccc(C)c1OCC(O)CNC(=O)C1CCC1. The zero-order valence-electron chi connectivity index (χ0n) is 12.2. The molecule has 0 spiro atoms. The molecule has 0 saturated heterocycles. The molecule has 1 aliphatic carbocycles. The zero-order chi connectivity index (χ0) is 14.5. The second-order valence-electron chi connectivity index (χ2n) is 5.56. The molecule has 0 aliphatic heterocycles. The van der Waals surface area contributed by atoms with Gasteiger partial charge in [0.05, 0.1) is 0 Å². The number of ether oxygens (including phenoxy) is 1. The van der Waals surface area contributed by atoms with E-state index in [1.54, 1.807) is 0 Å². The number of amides is 1. The number of aliphatic hydroxyl groups excluding tert-OH is 1. The van der Waals surface area contributed by atoms with Crippen molar-refractivity contribution in [3.63, 3.8) is 0 Å². The van der Waals surface area contributed by atoms with E-state index in [9.17, 15) is 9.90 Å². The molecule has 4 nitrogen and oxygen atoms in total. The molecule has 1 aromatic rings. The molecule has 1 amide bonds. The van der Waals surface area contributed by atoms with Crippen LogP contribution < -0.4 is 10.1 Å². The average molecular weight is 277 g/mol. The van der Waals surface area contributed by atoms with Crippen LogP contribution in [0.3, 0.4) is 0 Å². The Morgan fingerprint density at radius 1 is 1.40 bits per heavy atom. The maximum atomic E-state index is 11.6. The van der Waals surface area contributed by atoms with Crippen LogP contribution in [-0.2, 0) is 4.79 Å². The fourth-order valence-corrected chi connectivity index (χ4v) is 2.30. The quantitative estimate of drug-likeness (QED) is 0.835. The predicted octanol–water partition coefficient (Wildman–Crippen LogP) is 1.96. The van der Waals surface area contributed by atoms with Gasteiger partial charge in [-0.15, -0.1) is 0 Å². The van der Waals surface area contributed by atoms with E-state index >= 15 is 0 Å². The Kier molecular flexibility index (Phi) is 5.01. The van der Waals surface area contributed by atoms with Gasteiger partial charge in [-0.1, -0.05) is 24.6 Å². The van der Waals surface area contributed by atoms with Gasteiger partial charge in [-0.2, -0.15) is 0 Å². The summed E-state index contributed by atoms with van der Waals surface area (Å²) in [6, 6.07) is 5.94. The van der Waals surface area contributed by atoms with Crippen LogP contribution >= 0.6 is 0 Å².